The largest absolute Gasteiger partial charge is 0.381 e. The van der Waals surface area contributed by atoms with Crippen molar-refractivity contribution in [3.8, 4) is 0 Å². The van der Waals surface area contributed by atoms with Gasteiger partial charge in [-0.3, -0.25) is 4.79 Å². The zero-order chi connectivity index (χ0) is 17.5. The lowest BCUT2D eigenvalue weighted by Gasteiger charge is -2.36. The van der Waals surface area contributed by atoms with Gasteiger partial charge in [0.25, 0.3) is 0 Å². The van der Waals surface area contributed by atoms with Crippen LogP contribution in [0.3, 0.4) is 0 Å². The van der Waals surface area contributed by atoms with Crippen LogP contribution in [0.4, 0.5) is 0 Å². The number of nitrogens with zero attached hydrogens (tertiary/aromatic N) is 1. The van der Waals surface area contributed by atoms with Crippen LogP contribution >= 0.6 is 11.8 Å². The minimum absolute atomic E-state index is 0.230. The van der Waals surface area contributed by atoms with Crippen molar-refractivity contribution in [2.24, 2.45) is 0 Å². The molecule has 4 nitrogen and oxygen atoms in total. The third kappa shape index (κ3) is 5.86. The quantitative estimate of drug-likeness (QED) is 0.679. The lowest BCUT2D eigenvalue weighted by molar-refractivity contribution is -0.142. The Morgan fingerprint density at radius 3 is 2.32 bits per heavy atom. The summed E-state index contributed by atoms with van der Waals surface area (Å²) in [5.41, 5.74) is 0. The predicted molar refractivity (Wildman–Crippen MR) is 103 cm³/mol. The minimum Gasteiger partial charge on any atom is -0.381 e. The van der Waals surface area contributed by atoms with Crippen LogP contribution < -0.4 is 0 Å². The summed E-state index contributed by atoms with van der Waals surface area (Å²) < 4.78 is 11.4. The Labute approximate surface area is 157 Å². The number of hydrogen-bond donors (Lipinski definition) is 0. The molecular formula is C20H35NO3S. The number of methoxy groups -OCH3 is 1. The van der Waals surface area contributed by atoms with Gasteiger partial charge in [0.1, 0.15) is 6.61 Å². The summed E-state index contributed by atoms with van der Waals surface area (Å²) in [5.74, 6) is 1.49. The molecule has 0 bridgehead atoms. The van der Waals surface area contributed by atoms with Gasteiger partial charge >= 0.3 is 0 Å². The second-order valence-corrected chi connectivity index (χ2v) is 9.33. The third-order valence-electron chi connectivity index (χ3n) is 6.16. The Bertz CT molecular complexity index is 400. The van der Waals surface area contributed by atoms with Crippen LogP contribution in [0.1, 0.15) is 70.6 Å². The molecule has 0 N–H and O–H groups in total. The summed E-state index contributed by atoms with van der Waals surface area (Å²) in [6.07, 6.45) is 13.6. The number of amides is 1. The molecule has 1 unspecified atom stereocenters. The highest BCUT2D eigenvalue weighted by Gasteiger charge is 2.30. The van der Waals surface area contributed by atoms with Crippen molar-refractivity contribution >= 4 is 17.7 Å². The van der Waals surface area contributed by atoms with Crippen LogP contribution in [-0.2, 0) is 14.3 Å². The molecule has 1 atom stereocenters. The van der Waals surface area contributed by atoms with Crippen molar-refractivity contribution in [3.05, 3.63) is 0 Å². The van der Waals surface area contributed by atoms with Crippen LogP contribution in [0, 0.1) is 0 Å². The molecule has 25 heavy (non-hydrogen) atoms. The summed E-state index contributed by atoms with van der Waals surface area (Å²) in [6, 6.07) is 0.454. The molecule has 3 rings (SSSR count). The van der Waals surface area contributed by atoms with E-state index in [0.29, 0.717) is 17.4 Å². The maximum absolute atomic E-state index is 13.0. The van der Waals surface area contributed by atoms with Gasteiger partial charge in [0.15, 0.2) is 0 Å². The van der Waals surface area contributed by atoms with Crippen LogP contribution in [0.25, 0.3) is 0 Å². The van der Waals surface area contributed by atoms with Gasteiger partial charge in [-0.05, 0) is 57.1 Å². The SMILES string of the molecule is COC1CCC(OCC(=O)N(CC2CCCS2)C2CCCCC2)CC1. The lowest BCUT2D eigenvalue weighted by Crippen LogP contribution is -2.46. The van der Waals surface area contributed by atoms with E-state index in [1.165, 1.54) is 50.7 Å². The molecule has 2 saturated carbocycles. The van der Waals surface area contributed by atoms with Crippen molar-refractivity contribution < 1.29 is 14.3 Å². The van der Waals surface area contributed by atoms with E-state index < -0.39 is 0 Å². The summed E-state index contributed by atoms with van der Waals surface area (Å²) in [5, 5.41) is 0.642. The van der Waals surface area contributed by atoms with Gasteiger partial charge in [-0.1, -0.05) is 19.3 Å². The highest BCUT2D eigenvalue weighted by molar-refractivity contribution is 8.00. The maximum atomic E-state index is 13.0. The van der Waals surface area contributed by atoms with Crippen molar-refractivity contribution in [2.45, 2.75) is 94.1 Å². The van der Waals surface area contributed by atoms with E-state index in [4.69, 9.17) is 9.47 Å². The first-order valence-corrected chi connectivity index (χ1v) is 11.4. The Morgan fingerprint density at radius 2 is 1.68 bits per heavy atom. The van der Waals surface area contributed by atoms with Crippen LogP contribution in [0.5, 0.6) is 0 Å². The standard InChI is InChI=1S/C20H35NO3S/c1-23-17-9-11-18(12-10-17)24-15-20(22)21(14-19-8-5-13-25-19)16-6-3-2-4-7-16/h16-19H,2-15H2,1H3. The molecule has 2 aliphatic carbocycles. The lowest BCUT2D eigenvalue weighted by atomic mass is 9.93. The van der Waals surface area contributed by atoms with E-state index in [1.54, 1.807) is 7.11 Å². The Kier molecular flexibility index (Phi) is 7.93. The first kappa shape index (κ1) is 19.5. The number of carbonyl (C=O) groups is 1. The zero-order valence-corrected chi connectivity index (χ0v) is 16.6. The Hall–Kier alpha value is -0.260. The molecule has 1 aliphatic heterocycles. The van der Waals surface area contributed by atoms with E-state index in [9.17, 15) is 4.79 Å². The number of ether oxygens (including phenoxy) is 2. The number of hydrogen-bond acceptors (Lipinski definition) is 4. The average Bonchev–Trinajstić information content (AvgIpc) is 3.18. The molecule has 0 radical (unpaired) electrons. The van der Waals surface area contributed by atoms with Gasteiger partial charge in [0.2, 0.25) is 5.91 Å². The highest BCUT2D eigenvalue weighted by Crippen LogP contribution is 2.30. The first-order chi connectivity index (χ1) is 12.3. The van der Waals surface area contributed by atoms with Crippen molar-refractivity contribution in [2.75, 3.05) is 26.0 Å². The van der Waals surface area contributed by atoms with Crippen molar-refractivity contribution in [1.29, 1.82) is 0 Å². The summed E-state index contributed by atoms with van der Waals surface area (Å²) in [6.45, 7) is 1.21. The van der Waals surface area contributed by atoms with Gasteiger partial charge in [0, 0.05) is 24.9 Å². The van der Waals surface area contributed by atoms with E-state index in [0.717, 1.165) is 32.2 Å². The van der Waals surface area contributed by atoms with Crippen LogP contribution in [-0.4, -0.2) is 60.3 Å². The average molecular weight is 370 g/mol. The second-order valence-electron chi connectivity index (χ2n) is 7.92. The fraction of sp³-hybridized carbons (Fsp3) is 0.950. The Balaban J connectivity index is 1.49. The first-order valence-electron chi connectivity index (χ1n) is 10.3. The smallest absolute Gasteiger partial charge is 0.248 e. The van der Waals surface area contributed by atoms with Gasteiger partial charge in [-0.15, -0.1) is 0 Å². The van der Waals surface area contributed by atoms with E-state index in [1.807, 2.05) is 0 Å². The normalized spacial score (nSPS) is 31.2. The Morgan fingerprint density at radius 1 is 0.960 bits per heavy atom. The highest BCUT2D eigenvalue weighted by atomic mass is 32.2. The van der Waals surface area contributed by atoms with Crippen molar-refractivity contribution in [3.63, 3.8) is 0 Å². The fourth-order valence-electron chi connectivity index (χ4n) is 4.56. The van der Waals surface area contributed by atoms with Gasteiger partial charge in [-0.25, -0.2) is 0 Å². The summed E-state index contributed by atoms with van der Waals surface area (Å²) in [4.78, 5) is 15.2. The van der Waals surface area contributed by atoms with Gasteiger partial charge in [0.05, 0.1) is 12.2 Å². The molecule has 0 spiro atoms. The molecule has 3 aliphatic rings. The molecule has 5 heteroatoms. The fourth-order valence-corrected chi connectivity index (χ4v) is 5.83. The maximum Gasteiger partial charge on any atom is 0.248 e. The predicted octanol–water partition coefficient (Wildman–Crippen LogP) is 4.02. The molecule has 1 heterocycles. The molecule has 3 fully saturated rings. The van der Waals surface area contributed by atoms with E-state index in [2.05, 4.69) is 16.7 Å². The summed E-state index contributed by atoms with van der Waals surface area (Å²) in [7, 11) is 1.79. The third-order valence-corrected chi connectivity index (χ3v) is 7.54. The van der Waals surface area contributed by atoms with E-state index in [-0.39, 0.29) is 18.6 Å². The monoisotopic (exact) mass is 369 g/mol. The molecule has 1 amide bonds. The molecule has 144 valence electrons. The van der Waals surface area contributed by atoms with Crippen LogP contribution in [0.15, 0.2) is 0 Å². The molecule has 0 aromatic carbocycles. The topological polar surface area (TPSA) is 38.8 Å². The zero-order valence-electron chi connectivity index (χ0n) is 15.8. The number of thioether (sulfide) groups is 1. The van der Waals surface area contributed by atoms with Gasteiger partial charge in [-0.2, -0.15) is 11.8 Å². The van der Waals surface area contributed by atoms with E-state index >= 15 is 0 Å². The molecular weight excluding hydrogens is 334 g/mol. The minimum atomic E-state index is 0.230. The van der Waals surface area contributed by atoms with Crippen LogP contribution in [0.2, 0.25) is 0 Å². The molecule has 0 aromatic rings. The van der Waals surface area contributed by atoms with Gasteiger partial charge < -0.3 is 14.4 Å². The number of carbonyl (C=O) groups excluding carboxylic acids is 1. The number of rotatable bonds is 7. The summed E-state index contributed by atoms with van der Waals surface area (Å²) >= 11 is 2.05. The van der Waals surface area contributed by atoms with Crippen molar-refractivity contribution in [1.82, 2.24) is 4.90 Å². The molecule has 1 saturated heterocycles. The molecule has 0 aromatic heterocycles. The second kappa shape index (κ2) is 10.2.